The lowest BCUT2D eigenvalue weighted by molar-refractivity contribution is 0.0951. The highest BCUT2D eigenvalue weighted by molar-refractivity contribution is 7.22. The lowest BCUT2D eigenvalue weighted by Crippen LogP contribution is -2.47. The van der Waals surface area contributed by atoms with E-state index in [-0.39, 0.29) is 5.91 Å². The van der Waals surface area contributed by atoms with Crippen LogP contribution in [0.3, 0.4) is 0 Å². The lowest BCUT2D eigenvalue weighted by Gasteiger charge is -2.36. The van der Waals surface area contributed by atoms with Crippen LogP contribution >= 0.6 is 11.3 Å². The fourth-order valence-electron chi connectivity index (χ4n) is 5.02. The number of aromatic nitrogens is 1. The lowest BCUT2D eigenvalue weighted by atomic mass is 10.00. The molecule has 3 aromatic rings. The quantitative estimate of drug-likeness (QED) is 0.454. The average molecular weight is 508 g/mol. The Morgan fingerprint density at radius 3 is 2.50 bits per heavy atom. The number of methoxy groups -OCH3 is 1. The summed E-state index contributed by atoms with van der Waals surface area (Å²) in [5, 5.41) is 4.19. The number of piperidine rings is 1. The molecule has 36 heavy (non-hydrogen) atoms. The fraction of sp³-hybridized carbons (Fsp3) is 0.500. The number of nitrogens with zero attached hydrogens (tertiary/aromatic N) is 4. The first kappa shape index (κ1) is 24.8. The van der Waals surface area contributed by atoms with Crippen LogP contribution in [-0.2, 0) is 0 Å². The zero-order valence-corrected chi connectivity index (χ0v) is 22.2. The molecule has 2 saturated heterocycles. The van der Waals surface area contributed by atoms with Gasteiger partial charge in [-0.1, -0.05) is 18.3 Å². The van der Waals surface area contributed by atoms with Crippen molar-refractivity contribution >= 4 is 38.3 Å². The first-order valence-corrected chi connectivity index (χ1v) is 14.0. The standard InChI is InChI=1S/C28H37N5O2S/c1-21-10-14-33(15-11-21)28-30-25-9-4-22(20-26(25)36-28)27(34)29-12-3-13-31-16-18-32(19-17-31)23-5-7-24(35-2)8-6-23/h4-9,20-21H,3,10-19H2,1-2H3,(H,29,34). The summed E-state index contributed by atoms with van der Waals surface area (Å²) in [5.41, 5.74) is 2.95. The number of rotatable bonds is 8. The smallest absolute Gasteiger partial charge is 0.251 e. The van der Waals surface area contributed by atoms with Gasteiger partial charge in [0.25, 0.3) is 5.91 Å². The molecular weight excluding hydrogens is 470 g/mol. The molecule has 8 heteroatoms. The molecule has 1 N–H and O–H groups in total. The largest absolute Gasteiger partial charge is 0.497 e. The minimum Gasteiger partial charge on any atom is -0.497 e. The number of ether oxygens (including phenoxy) is 1. The number of benzene rings is 2. The van der Waals surface area contributed by atoms with Crippen molar-refractivity contribution in [1.82, 2.24) is 15.2 Å². The first-order chi connectivity index (χ1) is 17.6. The van der Waals surface area contributed by atoms with Crippen LogP contribution in [0.1, 0.15) is 36.5 Å². The van der Waals surface area contributed by atoms with E-state index in [2.05, 4.69) is 39.1 Å². The second-order valence-corrected chi connectivity index (χ2v) is 11.0. The van der Waals surface area contributed by atoms with Gasteiger partial charge in [0.1, 0.15) is 5.75 Å². The zero-order chi connectivity index (χ0) is 24.9. The van der Waals surface area contributed by atoms with Crippen molar-refractivity contribution in [2.45, 2.75) is 26.2 Å². The molecule has 7 nitrogen and oxygen atoms in total. The van der Waals surface area contributed by atoms with E-state index in [1.54, 1.807) is 18.4 Å². The molecule has 0 saturated carbocycles. The molecule has 0 atom stereocenters. The van der Waals surface area contributed by atoms with Crippen molar-refractivity contribution in [1.29, 1.82) is 0 Å². The molecule has 2 aliphatic rings. The Balaban J connectivity index is 1.05. The van der Waals surface area contributed by atoms with Crippen LogP contribution in [0.4, 0.5) is 10.8 Å². The predicted octanol–water partition coefficient (Wildman–Crippen LogP) is 4.48. The average Bonchev–Trinajstić information content (AvgIpc) is 3.35. The van der Waals surface area contributed by atoms with Gasteiger partial charge in [-0.25, -0.2) is 4.98 Å². The summed E-state index contributed by atoms with van der Waals surface area (Å²) in [6, 6.07) is 14.2. The molecule has 0 aliphatic carbocycles. The summed E-state index contributed by atoms with van der Waals surface area (Å²) in [7, 11) is 1.70. The molecule has 2 aliphatic heterocycles. The second-order valence-electron chi connectivity index (χ2n) is 9.98. The van der Waals surface area contributed by atoms with Crippen LogP contribution in [0.2, 0.25) is 0 Å². The number of amides is 1. The number of carbonyl (C=O) groups is 1. The van der Waals surface area contributed by atoms with Gasteiger partial charge in [0, 0.05) is 57.1 Å². The molecule has 0 bridgehead atoms. The molecule has 2 aromatic carbocycles. The number of hydrogen-bond acceptors (Lipinski definition) is 7. The summed E-state index contributed by atoms with van der Waals surface area (Å²) in [6.07, 6.45) is 3.40. The Kier molecular flexibility index (Phi) is 7.92. The summed E-state index contributed by atoms with van der Waals surface area (Å²) in [5.74, 6) is 1.70. The SMILES string of the molecule is COc1ccc(N2CCN(CCCNC(=O)c3ccc4nc(N5CCC(C)CC5)sc4c3)CC2)cc1. The molecule has 5 rings (SSSR count). The first-order valence-electron chi connectivity index (χ1n) is 13.1. The summed E-state index contributed by atoms with van der Waals surface area (Å²) in [4.78, 5) is 24.9. The van der Waals surface area contributed by atoms with Crippen molar-refractivity contribution in [3.05, 3.63) is 48.0 Å². The van der Waals surface area contributed by atoms with Gasteiger partial charge in [-0.15, -0.1) is 0 Å². The molecule has 2 fully saturated rings. The predicted molar refractivity (Wildman–Crippen MR) is 149 cm³/mol. The van der Waals surface area contributed by atoms with Gasteiger partial charge in [-0.05, 0) is 74.2 Å². The van der Waals surface area contributed by atoms with E-state index in [0.29, 0.717) is 6.54 Å². The van der Waals surface area contributed by atoms with Crippen LogP contribution in [0, 0.1) is 5.92 Å². The van der Waals surface area contributed by atoms with E-state index in [9.17, 15) is 4.79 Å². The van der Waals surface area contributed by atoms with Gasteiger partial charge >= 0.3 is 0 Å². The van der Waals surface area contributed by atoms with Gasteiger partial charge in [0.2, 0.25) is 0 Å². The van der Waals surface area contributed by atoms with Crippen molar-refractivity contribution in [3.8, 4) is 5.75 Å². The maximum Gasteiger partial charge on any atom is 0.251 e. The third kappa shape index (κ3) is 5.93. The van der Waals surface area contributed by atoms with Gasteiger partial charge < -0.3 is 19.9 Å². The van der Waals surface area contributed by atoms with Gasteiger partial charge in [-0.3, -0.25) is 9.69 Å². The number of hydrogen-bond donors (Lipinski definition) is 1. The van der Waals surface area contributed by atoms with E-state index >= 15 is 0 Å². The fourth-order valence-corrected chi connectivity index (χ4v) is 6.07. The number of piperazine rings is 1. The Labute approximate surface area is 218 Å². The highest BCUT2D eigenvalue weighted by atomic mass is 32.1. The van der Waals surface area contributed by atoms with Gasteiger partial charge in [0.15, 0.2) is 5.13 Å². The monoisotopic (exact) mass is 507 g/mol. The van der Waals surface area contributed by atoms with E-state index < -0.39 is 0 Å². The molecule has 3 heterocycles. The third-order valence-corrected chi connectivity index (χ3v) is 8.52. The summed E-state index contributed by atoms with van der Waals surface area (Å²) < 4.78 is 6.35. The Morgan fingerprint density at radius 1 is 1.03 bits per heavy atom. The van der Waals surface area contributed by atoms with Gasteiger partial charge in [-0.2, -0.15) is 0 Å². The van der Waals surface area contributed by atoms with Crippen molar-refractivity contribution in [3.63, 3.8) is 0 Å². The minimum absolute atomic E-state index is 0.00275. The van der Waals surface area contributed by atoms with E-state index in [0.717, 1.165) is 84.8 Å². The van der Waals surface area contributed by atoms with Crippen molar-refractivity contribution in [2.75, 3.05) is 69.3 Å². The van der Waals surface area contributed by atoms with E-state index in [1.165, 1.54) is 18.5 Å². The molecule has 0 radical (unpaired) electrons. The maximum absolute atomic E-state index is 12.8. The van der Waals surface area contributed by atoms with Crippen LogP contribution in [0.25, 0.3) is 10.2 Å². The van der Waals surface area contributed by atoms with Crippen LogP contribution < -0.4 is 19.9 Å². The van der Waals surface area contributed by atoms with Crippen LogP contribution in [-0.4, -0.2) is 75.3 Å². The third-order valence-electron chi connectivity index (χ3n) is 7.44. The highest BCUT2D eigenvalue weighted by Crippen LogP contribution is 2.32. The van der Waals surface area contributed by atoms with E-state index in [1.807, 2.05) is 30.3 Å². The second kappa shape index (κ2) is 11.5. The normalized spacial score (nSPS) is 17.5. The number of fused-ring (bicyclic) bond motifs is 1. The Morgan fingerprint density at radius 2 is 1.78 bits per heavy atom. The summed E-state index contributed by atoms with van der Waals surface area (Å²) >= 11 is 1.70. The van der Waals surface area contributed by atoms with Crippen LogP contribution in [0.15, 0.2) is 42.5 Å². The van der Waals surface area contributed by atoms with Crippen LogP contribution in [0.5, 0.6) is 5.75 Å². The number of nitrogens with one attached hydrogen (secondary N) is 1. The minimum atomic E-state index is 0.00275. The zero-order valence-electron chi connectivity index (χ0n) is 21.4. The molecule has 1 aromatic heterocycles. The summed E-state index contributed by atoms with van der Waals surface area (Å²) in [6.45, 7) is 10.3. The molecular formula is C28H37N5O2S. The van der Waals surface area contributed by atoms with Crippen molar-refractivity contribution in [2.24, 2.45) is 5.92 Å². The van der Waals surface area contributed by atoms with E-state index in [4.69, 9.17) is 9.72 Å². The number of thiazole rings is 1. The topological polar surface area (TPSA) is 60.9 Å². The molecule has 1 amide bonds. The maximum atomic E-state index is 12.8. The molecule has 0 spiro atoms. The van der Waals surface area contributed by atoms with Crippen molar-refractivity contribution < 1.29 is 9.53 Å². The number of anilines is 2. The molecule has 192 valence electrons. The highest BCUT2D eigenvalue weighted by Gasteiger charge is 2.20. The Bertz CT molecular complexity index is 1150. The molecule has 0 unspecified atom stereocenters. The van der Waals surface area contributed by atoms with Gasteiger partial charge in [0.05, 0.1) is 17.3 Å². The Hall–Kier alpha value is -2.84. The number of carbonyl (C=O) groups excluding carboxylic acids is 1.